The van der Waals surface area contributed by atoms with Gasteiger partial charge >= 0.3 is 0 Å². The molecule has 2 bridgehead atoms. The monoisotopic (exact) mass is 808 g/mol. The summed E-state index contributed by atoms with van der Waals surface area (Å²) in [6, 6.07) is 11.5. The van der Waals surface area contributed by atoms with Gasteiger partial charge < -0.3 is 42.5 Å². The highest BCUT2D eigenvalue weighted by Crippen LogP contribution is 2.47. The van der Waals surface area contributed by atoms with Crippen LogP contribution in [-0.4, -0.2) is 93.4 Å². The molecule has 3 heterocycles. The molecule has 2 aliphatic heterocycles. The molecule has 1 spiro atoms. The topological polar surface area (TPSA) is 143 Å². The van der Waals surface area contributed by atoms with E-state index in [1.807, 2.05) is 37.3 Å². The summed E-state index contributed by atoms with van der Waals surface area (Å²) in [5, 5.41) is 6.65. The zero-order chi connectivity index (χ0) is 39.6. The van der Waals surface area contributed by atoms with Crippen LogP contribution in [-0.2, 0) is 47.9 Å². The van der Waals surface area contributed by atoms with Gasteiger partial charge in [-0.3, -0.25) is 14.3 Å². The molecule has 4 aliphatic rings. The van der Waals surface area contributed by atoms with Gasteiger partial charge in [-0.2, -0.15) is 10.6 Å². The van der Waals surface area contributed by atoms with Crippen molar-refractivity contribution in [1.29, 1.82) is 0 Å². The highest BCUT2D eigenvalue weighted by molar-refractivity contribution is 7.75. The number of ether oxygens (including phenoxy) is 5. The minimum atomic E-state index is -2.25. The largest absolute Gasteiger partial charge is 0.490 e. The lowest BCUT2D eigenvalue weighted by Gasteiger charge is -2.46. The molecule has 56 heavy (non-hydrogen) atoms. The van der Waals surface area contributed by atoms with E-state index in [1.165, 1.54) is 29.1 Å². The number of aryl methyl sites for hydroxylation is 2. The highest BCUT2D eigenvalue weighted by atomic mass is 35.5. The van der Waals surface area contributed by atoms with Crippen molar-refractivity contribution < 1.29 is 37.5 Å². The number of halogens is 1. The van der Waals surface area contributed by atoms with Crippen LogP contribution < -0.4 is 19.7 Å². The van der Waals surface area contributed by atoms with Gasteiger partial charge in [0.05, 0.1) is 44.8 Å². The van der Waals surface area contributed by atoms with Crippen LogP contribution in [0.3, 0.4) is 0 Å². The molecule has 2 aliphatic carbocycles. The number of benzene rings is 2. The van der Waals surface area contributed by atoms with Crippen molar-refractivity contribution in [2.24, 2.45) is 29.2 Å². The number of carbonyl (C=O) groups is 2. The van der Waals surface area contributed by atoms with E-state index in [9.17, 15) is 13.8 Å². The predicted molar refractivity (Wildman–Crippen MR) is 213 cm³/mol. The van der Waals surface area contributed by atoms with E-state index in [0.29, 0.717) is 25.5 Å². The van der Waals surface area contributed by atoms with E-state index in [2.05, 4.69) is 31.8 Å². The van der Waals surface area contributed by atoms with Crippen molar-refractivity contribution in [2.75, 3.05) is 59.1 Å². The van der Waals surface area contributed by atoms with Crippen molar-refractivity contribution in [3.8, 4) is 11.6 Å². The number of nitrogens with one attached hydrogen (secondary N) is 1. The van der Waals surface area contributed by atoms with E-state index < -0.39 is 39.8 Å². The van der Waals surface area contributed by atoms with E-state index in [-0.39, 0.29) is 47.0 Å². The first-order valence-corrected chi connectivity index (χ1v) is 20.8. The lowest BCUT2D eigenvalue weighted by Crippen LogP contribution is -2.49. The second kappa shape index (κ2) is 17.3. The smallest absolute Gasteiger partial charge is 0.257 e. The normalized spacial score (nSPS) is 28.5. The quantitative estimate of drug-likeness (QED) is 0.167. The number of hydrogen-bond donors (Lipinski definition) is 1. The zero-order valence-corrected chi connectivity index (χ0v) is 34.1. The predicted octanol–water partition coefficient (Wildman–Crippen LogP) is 5.88. The van der Waals surface area contributed by atoms with Gasteiger partial charge in [0.25, 0.3) is 11.8 Å². The zero-order valence-electron chi connectivity index (χ0n) is 32.6. The van der Waals surface area contributed by atoms with Gasteiger partial charge in [-0.05, 0) is 96.7 Å². The van der Waals surface area contributed by atoms with E-state index in [4.69, 9.17) is 35.3 Å². The molecule has 13 nitrogen and oxygen atoms in total. The molecule has 1 aromatic heterocycles. The van der Waals surface area contributed by atoms with Crippen LogP contribution in [0.25, 0.3) is 0 Å². The standard InChI is InChI=1S/C41H51ClN5O8S/c1-25-34(54-18-17-51-3)14-15-35(52-4)30-11-8-28(30)21-47-23-41(16-6-7-26-19-29(42)10-12-32(26)41)24-55-36-13-9-27(20-33(36)47)37(48)45-56(50)40(25)43-38(49)31-22-46(2)44-39(31)53-5/h9-10,12-15,19-20,22,25,28,30,34-35,40H,6-8,11,16-18,21,23-24H2,1-5H3,(H,43,49)/q-1/b15-14+/t25-,28-,30+,34-,35-,40?,41-/m0/s1. The van der Waals surface area contributed by atoms with Crippen molar-refractivity contribution in [1.82, 2.24) is 15.1 Å². The molecule has 2 aromatic carbocycles. The van der Waals surface area contributed by atoms with Gasteiger partial charge in [0, 0.05) is 56.6 Å². The fourth-order valence-corrected chi connectivity index (χ4v) is 10.1. The molecule has 2 amide bonds. The summed E-state index contributed by atoms with van der Waals surface area (Å²) in [4.78, 5) is 30.2. The van der Waals surface area contributed by atoms with Gasteiger partial charge in [-0.1, -0.05) is 36.7 Å². The lowest BCUT2D eigenvalue weighted by atomic mass is 9.68. The molecule has 7 rings (SSSR count). The van der Waals surface area contributed by atoms with Crippen LogP contribution in [0.1, 0.15) is 64.4 Å². The second-order valence-corrected chi connectivity index (χ2v) is 17.0. The molecule has 1 unspecified atom stereocenters. The maximum atomic E-state index is 14.3. The van der Waals surface area contributed by atoms with E-state index >= 15 is 0 Å². The van der Waals surface area contributed by atoms with Crippen molar-refractivity contribution in [2.45, 2.75) is 62.0 Å². The number of hydrogen-bond acceptors (Lipinski definition) is 11. The van der Waals surface area contributed by atoms with Gasteiger partial charge in [0.1, 0.15) is 11.3 Å². The molecule has 1 fully saturated rings. The molecule has 0 saturated heterocycles. The Kier molecular flexibility index (Phi) is 12.4. The summed E-state index contributed by atoms with van der Waals surface area (Å²) in [5.41, 5.74) is 3.42. The third-order valence-corrected chi connectivity index (χ3v) is 13.5. The molecular weight excluding hydrogens is 758 g/mol. The number of nitrogens with zero attached hydrogens (tertiary/aromatic N) is 4. The fourth-order valence-electron chi connectivity index (χ4n) is 8.76. The van der Waals surface area contributed by atoms with Gasteiger partial charge in [0.15, 0.2) is 0 Å². The Labute approximate surface area is 335 Å². The minimum absolute atomic E-state index is 0.106. The van der Waals surface area contributed by atoms with Crippen LogP contribution in [0.2, 0.25) is 5.02 Å². The summed E-state index contributed by atoms with van der Waals surface area (Å²) >= 11 is 6.48. The maximum absolute atomic E-state index is 14.3. The number of amides is 2. The third kappa shape index (κ3) is 8.22. The molecule has 3 aromatic rings. The number of carbonyl (C=O) groups excluding carboxylic acids is 2. The Hall–Kier alpha value is -3.95. The molecular formula is C41H51ClN5O8S-. The molecule has 1 saturated carbocycles. The fraction of sp³-hybridized carbons (Fsp3) is 0.537. The number of methoxy groups -OCH3 is 3. The summed E-state index contributed by atoms with van der Waals surface area (Å²) in [6.07, 6.45) is 9.48. The average Bonchev–Trinajstić information content (AvgIpc) is 3.50. The molecule has 1 N–H and O–H groups in total. The lowest BCUT2D eigenvalue weighted by molar-refractivity contribution is 0.00422. The number of anilines is 1. The first kappa shape index (κ1) is 40.3. The number of aromatic nitrogens is 2. The van der Waals surface area contributed by atoms with Crippen LogP contribution in [0.5, 0.6) is 11.6 Å². The van der Waals surface area contributed by atoms with Crippen molar-refractivity contribution in [3.05, 3.63) is 82.0 Å². The Morgan fingerprint density at radius 3 is 2.68 bits per heavy atom. The van der Waals surface area contributed by atoms with Crippen LogP contribution in [0.4, 0.5) is 5.69 Å². The minimum Gasteiger partial charge on any atom is -0.490 e. The van der Waals surface area contributed by atoms with Crippen LogP contribution in [0.15, 0.2) is 59.1 Å². The number of rotatable bonds is 8. The average molecular weight is 809 g/mol. The third-order valence-electron chi connectivity index (χ3n) is 11.9. The SMILES string of the molecule is COCCO[C@H]1/C=C/[C@H](OC)[C@@H]2CC[C@H]2CN2C[C@@]3(CCCc4cc(Cl)ccc43)COc3ccc(cc32)C(=O)N=[S-](=O)C(NC(=O)c2cn(C)nc2OC)[C@H]1C. The summed E-state index contributed by atoms with van der Waals surface area (Å²) in [6.45, 7) is 4.27. The number of fused-ring (bicyclic) bond motifs is 4. The first-order valence-electron chi connectivity index (χ1n) is 19.2. The first-order chi connectivity index (χ1) is 27.0. The van der Waals surface area contributed by atoms with Crippen molar-refractivity contribution >= 4 is 39.7 Å². The highest BCUT2D eigenvalue weighted by Gasteiger charge is 2.44. The van der Waals surface area contributed by atoms with Gasteiger partial charge in [-0.15, -0.1) is 5.10 Å². The van der Waals surface area contributed by atoms with Crippen LogP contribution >= 0.6 is 11.6 Å². The summed E-state index contributed by atoms with van der Waals surface area (Å²) < 4.78 is 49.7. The molecule has 302 valence electrons. The van der Waals surface area contributed by atoms with Gasteiger partial charge in [-0.25, -0.2) is 0 Å². The Morgan fingerprint density at radius 1 is 1.11 bits per heavy atom. The second-order valence-electron chi connectivity index (χ2n) is 15.4. The molecule has 15 heteroatoms. The van der Waals surface area contributed by atoms with E-state index in [1.54, 1.807) is 27.3 Å². The Morgan fingerprint density at radius 2 is 1.93 bits per heavy atom. The van der Waals surface area contributed by atoms with Crippen molar-refractivity contribution in [3.63, 3.8) is 0 Å². The van der Waals surface area contributed by atoms with Crippen LogP contribution in [0, 0.1) is 17.8 Å². The summed E-state index contributed by atoms with van der Waals surface area (Å²) in [5.74, 6) is -0.596. The molecule has 7 atom stereocenters. The Balaban J connectivity index is 1.31. The summed E-state index contributed by atoms with van der Waals surface area (Å²) in [7, 11) is 4.13. The van der Waals surface area contributed by atoms with Gasteiger partial charge in [0.2, 0.25) is 5.88 Å². The van der Waals surface area contributed by atoms with E-state index in [0.717, 1.165) is 49.4 Å². The molecule has 0 radical (unpaired) electrons. The Bertz CT molecular complexity index is 2050. The maximum Gasteiger partial charge on any atom is 0.257 e.